The van der Waals surface area contributed by atoms with E-state index < -0.39 is 0 Å². The number of nitrogens with zero attached hydrogens (tertiary/aromatic N) is 3. The lowest BCUT2D eigenvalue weighted by Crippen LogP contribution is -2.33. The van der Waals surface area contributed by atoms with Crippen LogP contribution in [0.25, 0.3) is 0 Å². The molecule has 0 N–H and O–H groups in total. The van der Waals surface area contributed by atoms with Crippen molar-refractivity contribution < 1.29 is 4.79 Å². The first-order valence-electron chi connectivity index (χ1n) is 6.67. The van der Waals surface area contributed by atoms with Gasteiger partial charge in [0.05, 0.1) is 17.8 Å². The van der Waals surface area contributed by atoms with E-state index in [0.29, 0.717) is 12.1 Å². The second-order valence-corrected chi connectivity index (χ2v) is 6.25. The average molecular weight is 367 g/mol. The number of carbonyl (C=O) groups is 1. The molecule has 0 unspecified atom stereocenters. The SMILES string of the molecule is O=C(c1cc(Br)cnc1Cl)N(Cc1ccccn1)C1CC1. The fraction of sp³-hybridized carbons (Fsp3) is 0.267. The maximum absolute atomic E-state index is 12.8. The van der Waals surface area contributed by atoms with Gasteiger partial charge in [0.1, 0.15) is 5.15 Å². The number of hydrogen-bond acceptors (Lipinski definition) is 3. The van der Waals surface area contributed by atoms with E-state index in [9.17, 15) is 4.79 Å². The molecule has 3 rings (SSSR count). The van der Waals surface area contributed by atoms with Crippen molar-refractivity contribution in [3.05, 3.63) is 57.5 Å². The molecular weight excluding hydrogens is 354 g/mol. The predicted octanol–water partition coefficient (Wildman–Crippen LogP) is 3.70. The summed E-state index contributed by atoms with van der Waals surface area (Å²) >= 11 is 9.40. The molecule has 1 amide bonds. The molecule has 21 heavy (non-hydrogen) atoms. The van der Waals surface area contributed by atoms with E-state index in [0.717, 1.165) is 23.0 Å². The van der Waals surface area contributed by atoms with Crippen LogP contribution in [0.4, 0.5) is 0 Å². The van der Waals surface area contributed by atoms with Crippen LogP contribution in [0.15, 0.2) is 41.1 Å². The molecule has 0 aliphatic heterocycles. The van der Waals surface area contributed by atoms with Crippen LogP contribution < -0.4 is 0 Å². The van der Waals surface area contributed by atoms with Crippen molar-refractivity contribution >= 4 is 33.4 Å². The fourth-order valence-electron chi connectivity index (χ4n) is 2.15. The molecule has 0 bridgehead atoms. The lowest BCUT2D eigenvalue weighted by Gasteiger charge is -2.22. The Morgan fingerprint density at radius 2 is 2.19 bits per heavy atom. The molecule has 108 valence electrons. The highest BCUT2D eigenvalue weighted by Crippen LogP contribution is 2.31. The quantitative estimate of drug-likeness (QED) is 0.775. The molecule has 4 nitrogen and oxygen atoms in total. The number of aromatic nitrogens is 2. The third-order valence-corrected chi connectivity index (χ3v) is 4.08. The summed E-state index contributed by atoms with van der Waals surface area (Å²) in [7, 11) is 0. The minimum atomic E-state index is -0.0954. The molecule has 2 heterocycles. The van der Waals surface area contributed by atoms with Crippen LogP contribution in [-0.2, 0) is 6.54 Å². The first-order valence-corrected chi connectivity index (χ1v) is 7.84. The molecule has 1 saturated carbocycles. The zero-order valence-corrected chi connectivity index (χ0v) is 13.5. The van der Waals surface area contributed by atoms with Gasteiger partial charge >= 0.3 is 0 Å². The van der Waals surface area contributed by atoms with E-state index in [1.807, 2.05) is 23.1 Å². The van der Waals surface area contributed by atoms with Gasteiger partial charge in [-0.3, -0.25) is 9.78 Å². The lowest BCUT2D eigenvalue weighted by atomic mass is 10.2. The summed E-state index contributed by atoms with van der Waals surface area (Å²) in [5.74, 6) is -0.0954. The van der Waals surface area contributed by atoms with Crippen LogP contribution in [0.5, 0.6) is 0 Å². The second kappa shape index (κ2) is 6.12. The van der Waals surface area contributed by atoms with Crippen molar-refractivity contribution in [2.75, 3.05) is 0 Å². The fourth-order valence-corrected chi connectivity index (χ4v) is 2.66. The zero-order chi connectivity index (χ0) is 14.8. The Bertz CT molecular complexity index is 661. The monoisotopic (exact) mass is 365 g/mol. The lowest BCUT2D eigenvalue weighted by molar-refractivity contribution is 0.0727. The van der Waals surface area contributed by atoms with Gasteiger partial charge in [-0.1, -0.05) is 17.7 Å². The van der Waals surface area contributed by atoms with Crippen LogP contribution in [0.2, 0.25) is 5.15 Å². The summed E-state index contributed by atoms with van der Waals surface area (Å²) in [6.45, 7) is 0.493. The molecular formula is C15H13BrClN3O. The van der Waals surface area contributed by atoms with Crippen LogP contribution in [0.3, 0.4) is 0 Å². The first-order chi connectivity index (χ1) is 10.1. The average Bonchev–Trinajstić information content (AvgIpc) is 3.32. The highest BCUT2D eigenvalue weighted by molar-refractivity contribution is 9.10. The topological polar surface area (TPSA) is 46.1 Å². The van der Waals surface area contributed by atoms with Crippen LogP contribution in [-0.4, -0.2) is 26.8 Å². The molecule has 0 atom stereocenters. The van der Waals surface area contributed by atoms with E-state index in [4.69, 9.17) is 11.6 Å². The summed E-state index contributed by atoms with van der Waals surface area (Å²) in [5, 5.41) is 0.231. The number of rotatable bonds is 4. The second-order valence-electron chi connectivity index (χ2n) is 4.98. The molecule has 0 saturated heterocycles. The van der Waals surface area contributed by atoms with E-state index in [-0.39, 0.29) is 17.1 Å². The Hall–Kier alpha value is -1.46. The van der Waals surface area contributed by atoms with E-state index in [2.05, 4.69) is 25.9 Å². The minimum Gasteiger partial charge on any atom is -0.330 e. The van der Waals surface area contributed by atoms with Crippen molar-refractivity contribution in [1.82, 2.24) is 14.9 Å². The Morgan fingerprint density at radius 1 is 1.38 bits per heavy atom. The van der Waals surface area contributed by atoms with Gasteiger partial charge in [0.15, 0.2) is 0 Å². The molecule has 6 heteroatoms. The van der Waals surface area contributed by atoms with Crippen LogP contribution in [0, 0.1) is 0 Å². The summed E-state index contributed by atoms with van der Waals surface area (Å²) < 4.78 is 0.740. The Balaban J connectivity index is 1.87. The van der Waals surface area contributed by atoms with Gasteiger partial charge in [-0.25, -0.2) is 4.98 Å². The Kier molecular flexibility index (Phi) is 4.22. The summed E-state index contributed by atoms with van der Waals surface area (Å²) in [4.78, 5) is 22.9. The van der Waals surface area contributed by atoms with E-state index >= 15 is 0 Å². The van der Waals surface area contributed by atoms with E-state index in [1.165, 1.54) is 0 Å². The van der Waals surface area contributed by atoms with Gasteiger partial charge in [-0.05, 0) is 47.0 Å². The van der Waals surface area contributed by atoms with Crippen molar-refractivity contribution in [2.45, 2.75) is 25.4 Å². The van der Waals surface area contributed by atoms with Crippen molar-refractivity contribution in [3.63, 3.8) is 0 Å². The summed E-state index contributed by atoms with van der Waals surface area (Å²) in [6.07, 6.45) is 5.37. The molecule has 0 spiro atoms. The third kappa shape index (κ3) is 3.41. The normalized spacial score (nSPS) is 14.0. The van der Waals surface area contributed by atoms with Gasteiger partial charge < -0.3 is 4.90 Å². The number of carbonyl (C=O) groups excluding carboxylic acids is 1. The number of pyridine rings is 2. The number of amides is 1. The third-order valence-electron chi connectivity index (χ3n) is 3.34. The van der Waals surface area contributed by atoms with Gasteiger partial charge in [-0.2, -0.15) is 0 Å². The summed E-state index contributed by atoms with van der Waals surface area (Å²) in [6, 6.07) is 7.69. The van der Waals surface area contributed by atoms with E-state index in [1.54, 1.807) is 18.5 Å². The maximum Gasteiger partial charge on any atom is 0.257 e. The molecule has 2 aromatic rings. The minimum absolute atomic E-state index is 0.0954. The van der Waals surface area contributed by atoms with Gasteiger partial charge in [0.25, 0.3) is 5.91 Å². The van der Waals surface area contributed by atoms with Crippen molar-refractivity contribution in [2.24, 2.45) is 0 Å². The van der Waals surface area contributed by atoms with Gasteiger partial charge in [-0.15, -0.1) is 0 Å². The van der Waals surface area contributed by atoms with Crippen LogP contribution >= 0.6 is 27.5 Å². The van der Waals surface area contributed by atoms with Crippen molar-refractivity contribution in [1.29, 1.82) is 0 Å². The zero-order valence-electron chi connectivity index (χ0n) is 11.2. The number of hydrogen-bond donors (Lipinski definition) is 0. The molecule has 1 aliphatic rings. The number of halogens is 2. The predicted molar refractivity (Wildman–Crippen MR) is 84.1 cm³/mol. The standard InChI is InChI=1S/C15H13BrClN3O/c16-10-7-13(14(17)19-8-10)15(21)20(12-4-5-12)9-11-3-1-2-6-18-11/h1-3,6-8,12H,4-5,9H2. The van der Waals surface area contributed by atoms with Crippen molar-refractivity contribution in [3.8, 4) is 0 Å². The highest BCUT2D eigenvalue weighted by Gasteiger charge is 2.34. The molecule has 1 aliphatic carbocycles. The maximum atomic E-state index is 12.8. The smallest absolute Gasteiger partial charge is 0.257 e. The molecule has 0 aromatic carbocycles. The van der Waals surface area contributed by atoms with Gasteiger partial charge in [0.2, 0.25) is 0 Å². The summed E-state index contributed by atoms with van der Waals surface area (Å²) in [5.41, 5.74) is 1.30. The Labute approximate surface area is 136 Å². The van der Waals surface area contributed by atoms with Crippen LogP contribution in [0.1, 0.15) is 28.9 Å². The molecule has 1 fully saturated rings. The molecule has 0 radical (unpaired) electrons. The Morgan fingerprint density at radius 3 is 2.86 bits per heavy atom. The largest absolute Gasteiger partial charge is 0.330 e. The molecule has 2 aromatic heterocycles. The first kappa shape index (κ1) is 14.5. The van der Waals surface area contributed by atoms with Gasteiger partial charge in [0, 0.05) is 22.9 Å². The highest BCUT2D eigenvalue weighted by atomic mass is 79.9.